The van der Waals surface area contributed by atoms with Gasteiger partial charge in [0.15, 0.2) is 0 Å². The average molecular weight is 613 g/mol. The fraction of sp³-hybridized carbons (Fsp3) is 0.438. The highest BCUT2D eigenvalue weighted by Crippen LogP contribution is 2.27. The molecule has 5 rings (SSSR count). The fourth-order valence-electron chi connectivity index (χ4n) is 6.11. The van der Waals surface area contributed by atoms with Gasteiger partial charge >= 0.3 is 0 Å². The molecule has 2 amide bonds. The number of nitrogens with one attached hydrogen (secondary N) is 2. The normalized spacial score (nSPS) is 20.4. The van der Waals surface area contributed by atoms with Crippen LogP contribution in [-0.2, 0) is 26.0 Å². The smallest absolute Gasteiger partial charge is 0.243 e. The molecule has 2 heterocycles. The summed E-state index contributed by atoms with van der Waals surface area (Å²) in [6.45, 7) is 3.85. The molecule has 0 radical (unpaired) electrons. The molecular formula is C32H38F2N4O4S. The predicted molar refractivity (Wildman–Crippen MR) is 161 cm³/mol. The second-order valence-electron chi connectivity index (χ2n) is 11.5. The lowest BCUT2D eigenvalue weighted by Crippen LogP contribution is -2.55. The number of unbranched alkanes of at least 4 members (excludes halogenated alkanes) is 1. The summed E-state index contributed by atoms with van der Waals surface area (Å²) in [5, 5.41) is 7.87. The number of piperazine rings is 1. The van der Waals surface area contributed by atoms with Gasteiger partial charge in [0, 0.05) is 62.7 Å². The first kappa shape index (κ1) is 31.0. The number of hydrogen-bond donors (Lipinski definition) is 2. The fourth-order valence-corrected chi connectivity index (χ4v) is 7.81. The minimum atomic E-state index is -3.82. The highest BCUT2D eigenvalue weighted by Gasteiger charge is 2.36. The number of likely N-dealkylation sites (tertiary alicyclic amines) is 1. The molecule has 43 heavy (non-hydrogen) atoms. The van der Waals surface area contributed by atoms with Gasteiger partial charge in [-0.15, -0.1) is 0 Å². The Hall–Kier alpha value is -3.41. The number of carbonyl (C=O) groups excluding carboxylic acids is 2. The first-order valence-electron chi connectivity index (χ1n) is 14.9. The zero-order valence-electron chi connectivity index (χ0n) is 24.3. The molecule has 3 atom stereocenters. The third kappa shape index (κ3) is 7.39. The van der Waals surface area contributed by atoms with E-state index in [-0.39, 0.29) is 48.7 Å². The van der Waals surface area contributed by atoms with Gasteiger partial charge in [0.2, 0.25) is 21.8 Å². The molecule has 11 heteroatoms. The molecule has 2 unspecified atom stereocenters. The van der Waals surface area contributed by atoms with Gasteiger partial charge in [0.05, 0.1) is 10.8 Å². The lowest BCUT2D eigenvalue weighted by molar-refractivity contribution is -0.129. The van der Waals surface area contributed by atoms with Crippen molar-refractivity contribution in [3.8, 4) is 0 Å². The Morgan fingerprint density at radius 1 is 1.07 bits per heavy atom. The molecule has 2 aliphatic rings. The van der Waals surface area contributed by atoms with Crippen molar-refractivity contribution >= 4 is 32.6 Å². The topological polar surface area (TPSA) is 98.8 Å². The van der Waals surface area contributed by atoms with E-state index >= 15 is 0 Å². The Bertz CT molecular complexity index is 1560. The summed E-state index contributed by atoms with van der Waals surface area (Å²) in [4.78, 5) is 27.8. The molecule has 0 spiro atoms. The van der Waals surface area contributed by atoms with E-state index in [2.05, 4.69) is 10.6 Å². The Labute approximate surface area is 251 Å². The summed E-state index contributed by atoms with van der Waals surface area (Å²) >= 11 is 0. The van der Waals surface area contributed by atoms with E-state index in [9.17, 15) is 26.8 Å². The van der Waals surface area contributed by atoms with E-state index in [1.165, 1.54) is 16.4 Å². The monoisotopic (exact) mass is 612 g/mol. The molecule has 2 aliphatic heterocycles. The van der Waals surface area contributed by atoms with E-state index in [0.29, 0.717) is 37.0 Å². The number of carbonyl (C=O) groups is 2. The van der Waals surface area contributed by atoms with Gasteiger partial charge < -0.3 is 15.5 Å². The van der Waals surface area contributed by atoms with Gasteiger partial charge in [-0.1, -0.05) is 49.7 Å². The van der Waals surface area contributed by atoms with Crippen LogP contribution < -0.4 is 10.6 Å². The highest BCUT2D eigenvalue weighted by atomic mass is 32.2. The van der Waals surface area contributed by atoms with Crippen molar-refractivity contribution in [2.45, 2.75) is 56.0 Å². The second-order valence-corrected chi connectivity index (χ2v) is 13.4. The summed E-state index contributed by atoms with van der Waals surface area (Å²) in [5.74, 6) is -2.28. The molecule has 0 bridgehead atoms. The molecule has 8 nitrogen and oxygen atoms in total. The van der Waals surface area contributed by atoms with Gasteiger partial charge in [0.25, 0.3) is 0 Å². The number of hydrogen-bond acceptors (Lipinski definition) is 5. The first-order valence-corrected chi connectivity index (χ1v) is 16.3. The number of amides is 2. The highest BCUT2D eigenvalue weighted by molar-refractivity contribution is 7.89. The summed E-state index contributed by atoms with van der Waals surface area (Å²) < 4.78 is 57.1. The van der Waals surface area contributed by atoms with Crippen LogP contribution in [0.2, 0.25) is 0 Å². The third-order valence-electron chi connectivity index (χ3n) is 8.27. The van der Waals surface area contributed by atoms with Gasteiger partial charge in [-0.25, -0.2) is 17.2 Å². The number of nitrogens with zero attached hydrogens (tertiary/aromatic N) is 2. The zero-order valence-corrected chi connectivity index (χ0v) is 25.1. The molecule has 3 aromatic carbocycles. The number of halogens is 2. The van der Waals surface area contributed by atoms with Gasteiger partial charge in [-0.2, -0.15) is 4.31 Å². The van der Waals surface area contributed by atoms with Crippen LogP contribution in [-0.4, -0.2) is 74.2 Å². The maximum absolute atomic E-state index is 14.0. The van der Waals surface area contributed by atoms with Gasteiger partial charge in [-0.05, 0) is 48.4 Å². The van der Waals surface area contributed by atoms with Crippen LogP contribution in [0, 0.1) is 17.6 Å². The van der Waals surface area contributed by atoms with E-state index in [1.807, 2.05) is 31.2 Å². The minimum absolute atomic E-state index is 0.0550. The molecule has 0 saturated carbocycles. The van der Waals surface area contributed by atoms with Crippen molar-refractivity contribution in [3.63, 3.8) is 0 Å². The van der Waals surface area contributed by atoms with Crippen molar-refractivity contribution < 1.29 is 26.8 Å². The summed E-state index contributed by atoms with van der Waals surface area (Å²) in [6.07, 6.45) is 2.39. The molecule has 3 aromatic rings. The predicted octanol–water partition coefficient (Wildman–Crippen LogP) is 3.85. The summed E-state index contributed by atoms with van der Waals surface area (Å²) in [5.41, 5.74) is 0.380. The largest absolute Gasteiger partial charge is 0.353 e. The van der Waals surface area contributed by atoms with Crippen LogP contribution in [0.5, 0.6) is 0 Å². The van der Waals surface area contributed by atoms with Crippen LogP contribution in [0.3, 0.4) is 0 Å². The Kier molecular flexibility index (Phi) is 9.73. The second kappa shape index (κ2) is 13.5. The maximum atomic E-state index is 14.0. The average Bonchev–Trinajstić information content (AvgIpc) is 3.35. The van der Waals surface area contributed by atoms with Crippen molar-refractivity contribution in [2.24, 2.45) is 5.92 Å². The van der Waals surface area contributed by atoms with Crippen LogP contribution in [0.1, 0.15) is 38.2 Å². The number of benzene rings is 3. The van der Waals surface area contributed by atoms with Crippen LogP contribution >= 0.6 is 0 Å². The quantitative estimate of drug-likeness (QED) is 0.343. The van der Waals surface area contributed by atoms with Crippen molar-refractivity contribution in [1.82, 2.24) is 19.8 Å². The first-order chi connectivity index (χ1) is 20.6. The summed E-state index contributed by atoms with van der Waals surface area (Å²) in [7, 11) is -3.82. The van der Waals surface area contributed by atoms with Gasteiger partial charge in [0.1, 0.15) is 11.6 Å². The van der Waals surface area contributed by atoms with E-state index in [1.54, 1.807) is 23.1 Å². The van der Waals surface area contributed by atoms with E-state index in [0.717, 1.165) is 24.3 Å². The summed E-state index contributed by atoms with van der Waals surface area (Å²) in [6, 6.07) is 15.0. The Balaban J connectivity index is 1.33. The van der Waals surface area contributed by atoms with Crippen LogP contribution in [0.25, 0.3) is 10.8 Å². The molecule has 0 aliphatic carbocycles. The molecule has 2 saturated heterocycles. The lowest BCUT2D eigenvalue weighted by Gasteiger charge is -2.35. The number of rotatable bonds is 11. The van der Waals surface area contributed by atoms with E-state index in [4.69, 9.17) is 0 Å². The Morgan fingerprint density at radius 3 is 2.58 bits per heavy atom. The minimum Gasteiger partial charge on any atom is -0.353 e. The standard InChI is InChI=1S/C32H38F2N4O4S/c1-2-3-12-37-20-24(17-31(37)39)32(40)36-27(16-22-14-25(33)18-26(34)15-22)19-28-21-38(13-11-35-28)43(41,42)30-10-6-8-23-7-4-5-9-29(23)30/h4-10,14-15,18,24,27-28,35H,2-3,11-13,16-17,19-21H2,1H3,(H,36,40)/t24?,27?,28-/m0/s1. The molecule has 2 N–H and O–H groups in total. The number of sulfonamides is 1. The van der Waals surface area contributed by atoms with Crippen molar-refractivity contribution in [3.05, 3.63) is 77.9 Å². The molecule has 230 valence electrons. The molecule has 0 aromatic heterocycles. The van der Waals surface area contributed by atoms with Crippen molar-refractivity contribution in [1.29, 1.82) is 0 Å². The van der Waals surface area contributed by atoms with Crippen LogP contribution in [0.4, 0.5) is 8.78 Å². The molecule has 2 fully saturated rings. The lowest BCUT2D eigenvalue weighted by atomic mass is 9.97. The van der Waals surface area contributed by atoms with Crippen LogP contribution in [0.15, 0.2) is 65.6 Å². The number of fused-ring (bicyclic) bond motifs is 1. The third-order valence-corrected chi connectivity index (χ3v) is 10.2. The molecular weight excluding hydrogens is 574 g/mol. The van der Waals surface area contributed by atoms with Crippen molar-refractivity contribution in [2.75, 3.05) is 32.7 Å². The van der Waals surface area contributed by atoms with Gasteiger partial charge in [-0.3, -0.25) is 9.59 Å². The zero-order chi connectivity index (χ0) is 30.6. The Morgan fingerprint density at radius 2 is 1.81 bits per heavy atom. The van der Waals surface area contributed by atoms with E-state index < -0.39 is 33.6 Å². The maximum Gasteiger partial charge on any atom is 0.243 e. The SMILES string of the molecule is CCCCN1CC(C(=O)NC(Cc2cc(F)cc(F)c2)C[C@H]2CN(S(=O)(=O)c3cccc4ccccc34)CCN2)CC1=O.